The predicted molar refractivity (Wildman–Crippen MR) is 134 cm³/mol. The first-order valence-electron chi connectivity index (χ1n) is 10.8. The molecule has 6 aromatic rings. The normalized spacial score (nSPS) is 11.1. The first-order chi connectivity index (χ1) is 15.8. The summed E-state index contributed by atoms with van der Waals surface area (Å²) in [4.78, 5) is 0. The summed E-state index contributed by atoms with van der Waals surface area (Å²) in [5.74, 6) is 0. The largest absolute Gasteiger partial charge is 0.456 e. The molecule has 1 heterocycles. The second kappa shape index (κ2) is 7.75. The lowest BCUT2D eigenvalue weighted by Crippen LogP contribution is -1.94. The van der Waals surface area contributed by atoms with Gasteiger partial charge in [-0.15, -0.1) is 0 Å². The monoisotopic (exact) mass is 411 g/mol. The van der Waals surface area contributed by atoms with Gasteiger partial charge < -0.3 is 9.73 Å². The number of para-hydroxylation sites is 1. The van der Waals surface area contributed by atoms with Crippen LogP contribution in [0.4, 0.5) is 11.4 Å². The van der Waals surface area contributed by atoms with Crippen LogP contribution in [-0.4, -0.2) is 0 Å². The van der Waals surface area contributed by atoms with E-state index >= 15 is 0 Å². The number of hydrogen-bond acceptors (Lipinski definition) is 2. The topological polar surface area (TPSA) is 25.2 Å². The molecule has 0 bridgehead atoms. The minimum absolute atomic E-state index is 0.887. The standard InChI is InChI=1S/C30H21NO/c1-3-9-21(10-4-1)23-15-18-28(27(19-23)22-11-5-2-6-12-22)31-24-16-17-26-25-13-7-8-14-29(25)32-30(26)20-24/h1-20,31H. The van der Waals surface area contributed by atoms with Crippen LogP contribution in [0, 0.1) is 0 Å². The third-order valence-corrected chi connectivity index (χ3v) is 5.87. The molecule has 5 aromatic carbocycles. The van der Waals surface area contributed by atoms with E-state index in [-0.39, 0.29) is 0 Å². The van der Waals surface area contributed by atoms with Crippen molar-refractivity contribution in [2.45, 2.75) is 0 Å². The molecule has 1 aromatic heterocycles. The SMILES string of the molecule is c1ccc(-c2ccc(Nc3ccc4c(c3)oc3ccccc34)c(-c3ccccc3)c2)cc1. The van der Waals surface area contributed by atoms with Crippen molar-refractivity contribution in [3.63, 3.8) is 0 Å². The molecule has 152 valence electrons. The van der Waals surface area contributed by atoms with E-state index in [9.17, 15) is 0 Å². The summed E-state index contributed by atoms with van der Waals surface area (Å²) in [5.41, 5.74) is 8.61. The molecular formula is C30H21NO. The van der Waals surface area contributed by atoms with E-state index in [4.69, 9.17) is 4.42 Å². The Bertz CT molecular complexity index is 1530. The first-order valence-corrected chi connectivity index (χ1v) is 10.8. The maximum Gasteiger partial charge on any atom is 0.137 e. The quantitative estimate of drug-likeness (QED) is 0.314. The molecular weight excluding hydrogens is 390 g/mol. The number of fused-ring (bicyclic) bond motifs is 3. The third kappa shape index (κ3) is 3.32. The molecule has 0 fully saturated rings. The van der Waals surface area contributed by atoms with Crippen LogP contribution < -0.4 is 5.32 Å². The van der Waals surface area contributed by atoms with E-state index in [0.29, 0.717) is 0 Å². The number of furan rings is 1. The maximum atomic E-state index is 6.08. The highest BCUT2D eigenvalue weighted by molar-refractivity contribution is 6.05. The number of hydrogen-bond donors (Lipinski definition) is 1. The lowest BCUT2D eigenvalue weighted by Gasteiger charge is -2.15. The number of nitrogens with one attached hydrogen (secondary N) is 1. The fourth-order valence-electron chi connectivity index (χ4n) is 4.28. The molecule has 0 saturated carbocycles. The molecule has 32 heavy (non-hydrogen) atoms. The summed E-state index contributed by atoms with van der Waals surface area (Å²) < 4.78 is 6.08. The van der Waals surface area contributed by atoms with Gasteiger partial charge in [-0.2, -0.15) is 0 Å². The molecule has 0 aliphatic rings. The van der Waals surface area contributed by atoms with Crippen molar-refractivity contribution in [1.82, 2.24) is 0 Å². The lowest BCUT2D eigenvalue weighted by atomic mass is 9.97. The van der Waals surface area contributed by atoms with Crippen molar-refractivity contribution in [3.05, 3.63) is 121 Å². The molecule has 0 aliphatic carbocycles. The van der Waals surface area contributed by atoms with Gasteiger partial charge in [0.15, 0.2) is 0 Å². The predicted octanol–water partition coefficient (Wildman–Crippen LogP) is 8.66. The van der Waals surface area contributed by atoms with E-state index < -0.39 is 0 Å². The van der Waals surface area contributed by atoms with E-state index in [1.54, 1.807) is 0 Å². The van der Waals surface area contributed by atoms with Crippen molar-refractivity contribution in [2.24, 2.45) is 0 Å². The minimum atomic E-state index is 0.887. The second-order valence-electron chi connectivity index (χ2n) is 7.93. The fraction of sp³-hybridized carbons (Fsp3) is 0. The Morgan fingerprint density at radius 1 is 0.469 bits per heavy atom. The smallest absolute Gasteiger partial charge is 0.137 e. The van der Waals surface area contributed by atoms with Crippen LogP contribution in [0.3, 0.4) is 0 Å². The van der Waals surface area contributed by atoms with Crippen molar-refractivity contribution < 1.29 is 4.42 Å². The third-order valence-electron chi connectivity index (χ3n) is 5.87. The van der Waals surface area contributed by atoms with Crippen LogP contribution in [0.1, 0.15) is 0 Å². The first kappa shape index (κ1) is 18.5. The molecule has 6 rings (SSSR count). The van der Waals surface area contributed by atoms with Crippen molar-refractivity contribution >= 4 is 33.3 Å². The molecule has 0 aliphatic heterocycles. The summed E-state index contributed by atoms with van der Waals surface area (Å²) in [5, 5.41) is 5.90. The van der Waals surface area contributed by atoms with Crippen LogP contribution in [0.25, 0.3) is 44.2 Å². The van der Waals surface area contributed by atoms with Crippen LogP contribution in [0.15, 0.2) is 126 Å². The van der Waals surface area contributed by atoms with Gasteiger partial charge in [-0.05, 0) is 47.0 Å². The van der Waals surface area contributed by atoms with Crippen molar-refractivity contribution in [1.29, 1.82) is 0 Å². The highest BCUT2D eigenvalue weighted by atomic mass is 16.3. The fourth-order valence-corrected chi connectivity index (χ4v) is 4.28. The molecule has 0 unspecified atom stereocenters. The average Bonchev–Trinajstić information content (AvgIpc) is 3.23. The van der Waals surface area contributed by atoms with Gasteiger partial charge in [0.25, 0.3) is 0 Å². The van der Waals surface area contributed by atoms with Gasteiger partial charge in [0, 0.05) is 33.8 Å². The highest BCUT2D eigenvalue weighted by Crippen LogP contribution is 2.36. The molecule has 0 amide bonds. The molecule has 0 saturated heterocycles. The van der Waals surface area contributed by atoms with E-state index in [1.807, 2.05) is 30.3 Å². The Kier molecular flexibility index (Phi) is 4.47. The van der Waals surface area contributed by atoms with Gasteiger partial charge >= 0.3 is 0 Å². The van der Waals surface area contributed by atoms with Gasteiger partial charge in [0.1, 0.15) is 11.2 Å². The zero-order valence-corrected chi connectivity index (χ0v) is 17.5. The number of rotatable bonds is 4. The molecule has 0 spiro atoms. The summed E-state index contributed by atoms with van der Waals surface area (Å²) in [6.45, 7) is 0. The average molecular weight is 412 g/mol. The van der Waals surface area contributed by atoms with Gasteiger partial charge in [-0.3, -0.25) is 0 Å². The molecule has 1 N–H and O–H groups in total. The zero-order valence-electron chi connectivity index (χ0n) is 17.5. The maximum absolute atomic E-state index is 6.08. The van der Waals surface area contributed by atoms with Crippen molar-refractivity contribution in [3.8, 4) is 22.3 Å². The highest BCUT2D eigenvalue weighted by Gasteiger charge is 2.11. The molecule has 0 atom stereocenters. The van der Waals surface area contributed by atoms with Gasteiger partial charge in [0.2, 0.25) is 0 Å². The van der Waals surface area contributed by atoms with Gasteiger partial charge in [-0.1, -0.05) is 84.9 Å². The molecule has 2 nitrogen and oxygen atoms in total. The summed E-state index contributed by atoms with van der Waals surface area (Å²) >= 11 is 0. The Morgan fingerprint density at radius 3 is 1.97 bits per heavy atom. The Morgan fingerprint density at radius 2 is 1.16 bits per heavy atom. The zero-order chi connectivity index (χ0) is 21.3. The number of benzene rings is 5. The van der Waals surface area contributed by atoms with Crippen LogP contribution >= 0.6 is 0 Å². The summed E-state index contributed by atoms with van der Waals surface area (Å²) in [6, 6.07) is 42.1. The Labute approximate surface area is 186 Å². The lowest BCUT2D eigenvalue weighted by molar-refractivity contribution is 0.669. The van der Waals surface area contributed by atoms with E-state index in [0.717, 1.165) is 38.9 Å². The minimum Gasteiger partial charge on any atom is -0.456 e. The van der Waals surface area contributed by atoms with E-state index in [2.05, 4.69) is 96.3 Å². The number of anilines is 2. The molecule has 2 heteroatoms. The van der Waals surface area contributed by atoms with Crippen LogP contribution in [-0.2, 0) is 0 Å². The second-order valence-corrected chi connectivity index (χ2v) is 7.93. The van der Waals surface area contributed by atoms with Gasteiger partial charge in [-0.25, -0.2) is 0 Å². The molecule has 0 radical (unpaired) electrons. The van der Waals surface area contributed by atoms with Gasteiger partial charge in [0.05, 0.1) is 0 Å². The van der Waals surface area contributed by atoms with Crippen LogP contribution in [0.5, 0.6) is 0 Å². The van der Waals surface area contributed by atoms with E-state index in [1.165, 1.54) is 16.7 Å². The summed E-state index contributed by atoms with van der Waals surface area (Å²) in [7, 11) is 0. The van der Waals surface area contributed by atoms with Crippen LogP contribution in [0.2, 0.25) is 0 Å². The Hall–Kier alpha value is -4.30. The van der Waals surface area contributed by atoms with Crippen molar-refractivity contribution in [2.75, 3.05) is 5.32 Å². The summed E-state index contributed by atoms with van der Waals surface area (Å²) in [6.07, 6.45) is 0. The Balaban J connectivity index is 1.44.